The van der Waals surface area contributed by atoms with E-state index in [9.17, 15) is 4.79 Å². The van der Waals surface area contributed by atoms with Crippen LogP contribution < -0.4 is 5.32 Å². The molecule has 0 aliphatic heterocycles. The molecule has 1 amide bonds. The summed E-state index contributed by atoms with van der Waals surface area (Å²) < 4.78 is 5.24. The number of carbonyl (C=O) groups is 1. The minimum absolute atomic E-state index is 0.0622. The third-order valence-electron chi connectivity index (χ3n) is 4.86. The molecular formula is C15H21NO2. The van der Waals surface area contributed by atoms with Crippen molar-refractivity contribution in [3.8, 4) is 0 Å². The summed E-state index contributed by atoms with van der Waals surface area (Å²) in [6.45, 7) is 4.04. The lowest BCUT2D eigenvalue weighted by molar-refractivity contribution is 0.0886. The average Bonchev–Trinajstić information content (AvgIpc) is 3.03. The van der Waals surface area contributed by atoms with Gasteiger partial charge in [-0.3, -0.25) is 4.79 Å². The van der Waals surface area contributed by atoms with Gasteiger partial charge in [0.1, 0.15) is 0 Å². The highest BCUT2D eigenvalue weighted by Gasteiger charge is 2.42. The number of fused-ring (bicyclic) bond motifs is 2. The molecule has 3 nitrogen and oxygen atoms in total. The Bertz CT molecular complexity index is 451. The van der Waals surface area contributed by atoms with E-state index in [2.05, 4.69) is 12.2 Å². The van der Waals surface area contributed by atoms with Crippen molar-refractivity contribution in [3.63, 3.8) is 0 Å². The van der Waals surface area contributed by atoms with Gasteiger partial charge in [-0.05, 0) is 56.9 Å². The van der Waals surface area contributed by atoms with Crippen molar-refractivity contribution >= 4 is 5.91 Å². The first-order chi connectivity index (χ1) is 8.65. The summed E-state index contributed by atoms with van der Waals surface area (Å²) in [7, 11) is 0. The number of carbonyl (C=O) groups excluding carboxylic acids is 1. The Morgan fingerprint density at radius 1 is 1.44 bits per heavy atom. The Morgan fingerprint density at radius 2 is 2.28 bits per heavy atom. The smallest absolute Gasteiger partial charge is 0.287 e. The third-order valence-corrected chi connectivity index (χ3v) is 4.86. The maximum atomic E-state index is 12.1. The van der Waals surface area contributed by atoms with E-state index in [-0.39, 0.29) is 11.9 Å². The normalized spacial score (nSPS) is 31.6. The van der Waals surface area contributed by atoms with Crippen LogP contribution in [0.4, 0.5) is 0 Å². The number of aryl methyl sites for hydroxylation is 1. The van der Waals surface area contributed by atoms with E-state index in [1.807, 2.05) is 13.0 Å². The second-order valence-corrected chi connectivity index (χ2v) is 6.03. The van der Waals surface area contributed by atoms with Crippen LogP contribution >= 0.6 is 0 Å². The number of amides is 1. The van der Waals surface area contributed by atoms with Gasteiger partial charge in [-0.25, -0.2) is 0 Å². The molecule has 2 aliphatic carbocycles. The molecular weight excluding hydrogens is 226 g/mol. The summed E-state index contributed by atoms with van der Waals surface area (Å²) in [4.78, 5) is 12.1. The Hall–Kier alpha value is -1.25. The molecule has 1 heterocycles. The van der Waals surface area contributed by atoms with Crippen molar-refractivity contribution in [1.82, 2.24) is 5.32 Å². The first kappa shape index (κ1) is 11.8. The van der Waals surface area contributed by atoms with Gasteiger partial charge in [-0.15, -0.1) is 0 Å². The van der Waals surface area contributed by atoms with Crippen LogP contribution in [0.25, 0.3) is 0 Å². The molecule has 1 aromatic heterocycles. The summed E-state index contributed by atoms with van der Waals surface area (Å²) in [5.74, 6) is 2.83. The lowest BCUT2D eigenvalue weighted by Crippen LogP contribution is -2.40. The lowest BCUT2D eigenvalue weighted by atomic mass is 9.84. The van der Waals surface area contributed by atoms with Crippen LogP contribution in [0.1, 0.15) is 48.7 Å². The predicted octanol–water partition coefficient (Wildman–Crippen LogP) is 3.14. The first-order valence-corrected chi connectivity index (χ1v) is 7.00. The second-order valence-electron chi connectivity index (χ2n) is 6.03. The van der Waals surface area contributed by atoms with Crippen molar-refractivity contribution in [2.75, 3.05) is 0 Å². The van der Waals surface area contributed by atoms with Crippen LogP contribution in [0, 0.1) is 24.7 Å². The Balaban J connectivity index is 1.63. The van der Waals surface area contributed by atoms with Gasteiger partial charge in [0.25, 0.3) is 5.91 Å². The average molecular weight is 247 g/mol. The van der Waals surface area contributed by atoms with Crippen LogP contribution in [0.3, 0.4) is 0 Å². The maximum absolute atomic E-state index is 12.1. The van der Waals surface area contributed by atoms with Crippen molar-refractivity contribution < 1.29 is 9.21 Å². The molecule has 18 heavy (non-hydrogen) atoms. The first-order valence-electron chi connectivity index (χ1n) is 7.00. The molecule has 1 N–H and O–H groups in total. The number of furan rings is 1. The monoisotopic (exact) mass is 247 g/mol. The summed E-state index contributed by atoms with van der Waals surface area (Å²) in [5, 5.41) is 3.12. The molecule has 3 rings (SSSR count). The van der Waals surface area contributed by atoms with E-state index in [0.717, 1.165) is 17.4 Å². The van der Waals surface area contributed by atoms with E-state index in [1.165, 1.54) is 25.7 Å². The maximum Gasteiger partial charge on any atom is 0.287 e. The summed E-state index contributed by atoms with van der Waals surface area (Å²) in [6, 6.07) is 2.09. The molecule has 4 unspecified atom stereocenters. The van der Waals surface area contributed by atoms with Crippen LogP contribution in [-0.4, -0.2) is 11.9 Å². The van der Waals surface area contributed by atoms with Crippen LogP contribution in [0.5, 0.6) is 0 Å². The van der Waals surface area contributed by atoms with E-state index < -0.39 is 0 Å². The molecule has 2 saturated carbocycles. The highest BCUT2D eigenvalue weighted by molar-refractivity contribution is 5.92. The Labute approximate surface area is 108 Å². The van der Waals surface area contributed by atoms with Gasteiger partial charge in [-0.1, -0.05) is 6.42 Å². The molecule has 0 aromatic carbocycles. The molecule has 0 radical (unpaired) electrons. The highest BCUT2D eigenvalue weighted by Crippen LogP contribution is 2.49. The van der Waals surface area contributed by atoms with E-state index in [4.69, 9.17) is 4.42 Å². The van der Waals surface area contributed by atoms with Gasteiger partial charge >= 0.3 is 0 Å². The summed E-state index contributed by atoms with van der Waals surface area (Å²) in [6.07, 6.45) is 7.01. The summed E-state index contributed by atoms with van der Waals surface area (Å²) in [5.41, 5.74) is 0.910. The third kappa shape index (κ3) is 1.96. The largest absolute Gasteiger partial charge is 0.459 e. The second kappa shape index (κ2) is 4.45. The number of rotatable bonds is 3. The molecule has 2 fully saturated rings. The molecule has 3 heteroatoms. The number of hydrogen-bond acceptors (Lipinski definition) is 2. The Kier molecular flexibility index (Phi) is 2.92. The van der Waals surface area contributed by atoms with E-state index in [1.54, 1.807) is 6.26 Å². The predicted molar refractivity (Wildman–Crippen MR) is 69.3 cm³/mol. The standard InChI is InChI=1S/C15H21NO2/c1-9-5-6-18-14(9)15(17)16-10(2)13-8-11-3-4-12(13)7-11/h5-6,10-13H,3-4,7-8H2,1-2H3,(H,16,17). The van der Waals surface area contributed by atoms with Crippen LogP contribution in [0.2, 0.25) is 0 Å². The zero-order valence-corrected chi connectivity index (χ0v) is 11.1. The molecule has 4 atom stereocenters. The Morgan fingerprint density at radius 3 is 2.83 bits per heavy atom. The quantitative estimate of drug-likeness (QED) is 0.891. The molecule has 0 spiro atoms. The fourth-order valence-electron chi connectivity index (χ4n) is 3.89. The van der Waals surface area contributed by atoms with Crippen molar-refractivity contribution in [2.24, 2.45) is 17.8 Å². The fourth-order valence-corrected chi connectivity index (χ4v) is 3.89. The minimum atomic E-state index is -0.0622. The highest BCUT2D eigenvalue weighted by atomic mass is 16.3. The number of hydrogen-bond donors (Lipinski definition) is 1. The van der Waals surface area contributed by atoms with Gasteiger partial charge in [-0.2, -0.15) is 0 Å². The fraction of sp³-hybridized carbons (Fsp3) is 0.667. The minimum Gasteiger partial charge on any atom is -0.459 e. The van der Waals surface area contributed by atoms with Gasteiger partial charge in [0.15, 0.2) is 5.76 Å². The van der Waals surface area contributed by atoms with Crippen molar-refractivity contribution in [3.05, 3.63) is 23.7 Å². The molecule has 2 bridgehead atoms. The van der Waals surface area contributed by atoms with Gasteiger partial charge in [0, 0.05) is 11.6 Å². The molecule has 98 valence electrons. The van der Waals surface area contributed by atoms with Gasteiger partial charge in [0.05, 0.1) is 6.26 Å². The SMILES string of the molecule is Cc1ccoc1C(=O)NC(C)C1CC2CCC1C2. The summed E-state index contributed by atoms with van der Waals surface area (Å²) >= 11 is 0. The molecule has 2 aliphatic rings. The van der Waals surface area contributed by atoms with Crippen molar-refractivity contribution in [1.29, 1.82) is 0 Å². The lowest BCUT2D eigenvalue weighted by Gasteiger charge is -2.28. The van der Waals surface area contributed by atoms with Gasteiger partial charge in [0.2, 0.25) is 0 Å². The topological polar surface area (TPSA) is 42.2 Å². The van der Waals surface area contributed by atoms with Gasteiger partial charge < -0.3 is 9.73 Å². The molecule has 1 aromatic rings. The zero-order valence-electron chi connectivity index (χ0n) is 11.1. The van der Waals surface area contributed by atoms with Crippen LogP contribution in [-0.2, 0) is 0 Å². The number of nitrogens with one attached hydrogen (secondary N) is 1. The van der Waals surface area contributed by atoms with E-state index in [0.29, 0.717) is 11.7 Å². The van der Waals surface area contributed by atoms with Crippen LogP contribution in [0.15, 0.2) is 16.7 Å². The zero-order chi connectivity index (χ0) is 12.7. The molecule has 0 saturated heterocycles. The van der Waals surface area contributed by atoms with E-state index >= 15 is 0 Å². The van der Waals surface area contributed by atoms with Crippen molar-refractivity contribution in [2.45, 2.75) is 45.6 Å².